The third kappa shape index (κ3) is 2.07. The van der Waals surface area contributed by atoms with Crippen molar-refractivity contribution in [1.29, 1.82) is 0 Å². The average Bonchev–Trinajstić information content (AvgIpc) is 2.91. The molecule has 20 heavy (non-hydrogen) atoms. The normalized spacial score (nSPS) is 21.9. The lowest BCUT2D eigenvalue weighted by Gasteiger charge is -2.32. The van der Waals surface area contributed by atoms with Gasteiger partial charge in [0, 0.05) is 18.5 Å². The Balaban J connectivity index is 1.84. The highest BCUT2D eigenvalue weighted by Crippen LogP contribution is 2.38. The first-order valence-electron chi connectivity index (χ1n) is 6.53. The van der Waals surface area contributed by atoms with Crippen molar-refractivity contribution in [2.75, 3.05) is 0 Å². The molecule has 0 spiro atoms. The lowest BCUT2D eigenvalue weighted by Crippen LogP contribution is -2.41. The van der Waals surface area contributed by atoms with E-state index in [1.54, 1.807) is 23.0 Å². The molecule has 0 radical (unpaired) electrons. The summed E-state index contributed by atoms with van der Waals surface area (Å²) in [7, 11) is -0.976. The number of aromatic nitrogens is 3. The van der Waals surface area contributed by atoms with Crippen LogP contribution in [-0.4, -0.2) is 32.9 Å². The molecular formula is C13H17BFN3O2. The molecule has 0 amide bonds. The van der Waals surface area contributed by atoms with Gasteiger partial charge in [-0.1, -0.05) is 0 Å². The molecule has 1 saturated heterocycles. The summed E-state index contributed by atoms with van der Waals surface area (Å²) in [6, 6.07) is 1.75. The number of nitrogens with one attached hydrogen (secondary N) is 1. The van der Waals surface area contributed by atoms with E-state index in [0.29, 0.717) is 5.69 Å². The second kappa shape index (κ2) is 4.20. The molecule has 3 rings (SSSR count). The molecule has 1 N–H and O–H groups in total. The van der Waals surface area contributed by atoms with E-state index in [0.717, 1.165) is 5.65 Å². The van der Waals surface area contributed by atoms with E-state index in [1.165, 1.54) is 6.08 Å². The van der Waals surface area contributed by atoms with Crippen molar-refractivity contribution in [1.82, 2.24) is 14.6 Å². The van der Waals surface area contributed by atoms with Gasteiger partial charge < -0.3 is 9.31 Å². The van der Waals surface area contributed by atoms with Gasteiger partial charge in [-0.2, -0.15) is 0 Å². The lowest BCUT2D eigenvalue weighted by atomic mass is 9.87. The fourth-order valence-corrected chi connectivity index (χ4v) is 2.07. The minimum Gasteiger partial charge on any atom is -0.398 e. The van der Waals surface area contributed by atoms with Crippen molar-refractivity contribution in [2.24, 2.45) is 0 Å². The molecule has 106 valence electrons. The topological polar surface area (TPSA) is 51.5 Å². The molecule has 0 aromatic carbocycles. The summed E-state index contributed by atoms with van der Waals surface area (Å²) in [4.78, 5) is 4.11. The quantitative estimate of drug-likeness (QED) is 0.858. The molecule has 1 aliphatic rings. The van der Waals surface area contributed by atoms with E-state index in [2.05, 4.69) is 10.1 Å². The minimum absolute atomic E-state index is 0.465. The highest BCUT2D eigenvalue weighted by atomic mass is 19.1. The number of H-pyrrole nitrogens is 1. The molecule has 1 fully saturated rings. The van der Waals surface area contributed by atoms with Crippen molar-refractivity contribution < 1.29 is 13.7 Å². The third-order valence-corrected chi connectivity index (χ3v) is 3.98. The summed E-state index contributed by atoms with van der Waals surface area (Å²) in [5.41, 5.74) is -0.216. The highest BCUT2D eigenvalue weighted by molar-refractivity contribution is 6.54. The van der Waals surface area contributed by atoms with Crippen LogP contribution in [0.4, 0.5) is 4.39 Å². The lowest BCUT2D eigenvalue weighted by molar-refractivity contribution is 0.00578. The number of nitrogens with zero attached hydrogens (tertiary/aromatic N) is 2. The molecule has 0 aliphatic carbocycles. The molecular weight excluding hydrogens is 260 g/mol. The van der Waals surface area contributed by atoms with Crippen molar-refractivity contribution in [3.8, 4) is 0 Å². The van der Waals surface area contributed by atoms with Gasteiger partial charge in [-0.25, -0.2) is 13.9 Å². The monoisotopic (exact) mass is 277 g/mol. The van der Waals surface area contributed by atoms with Gasteiger partial charge in [-0.3, -0.25) is 5.10 Å². The fourth-order valence-electron chi connectivity index (χ4n) is 2.07. The summed E-state index contributed by atoms with van der Waals surface area (Å²) < 4.78 is 27.3. The number of halogens is 1. The predicted octanol–water partition coefficient (Wildman–Crippen LogP) is 2.60. The first-order valence-corrected chi connectivity index (χ1v) is 6.53. The zero-order chi connectivity index (χ0) is 14.5. The molecule has 3 heterocycles. The van der Waals surface area contributed by atoms with Crippen LogP contribution in [0.1, 0.15) is 33.4 Å². The Labute approximate surface area is 116 Å². The van der Waals surface area contributed by atoms with E-state index in [4.69, 9.17) is 9.31 Å². The Kier molecular flexibility index (Phi) is 2.81. The SMILES string of the molecule is CC1(C)OB(C(F)=Cc2cc3nccn3[nH]2)OC1(C)C. The van der Waals surface area contributed by atoms with Crippen LogP contribution in [0.2, 0.25) is 0 Å². The number of rotatable bonds is 2. The van der Waals surface area contributed by atoms with Crippen molar-refractivity contribution in [3.63, 3.8) is 0 Å². The van der Waals surface area contributed by atoms with Gasteiger partial charge in [0.15, 0.2) is 5.65 Å². The summed E-state index contributed by atoms with van der Waals surface area (Å²) in [5.74, 6) is 0. The fraction of sp³-hybridized carbons (Fsp3) is 0.462. The van der Waals surface area contributed by atoms with Crippen molar-refractivity contribution in [2.45, 2.75) is 38.9 Å². The number of fused-ring (bicyclic) bond motifs is 1. The van der Waals surface area contributed by atoms with Gasteiger partial charge in [-0.15, -0.1) is 0 Å². The Morgan fingerprint density at radius 3 is 2.60 bits per heavy atom. The van der Waals surface area contributed by atoms with E-state index in [1.807, 2.05) is 27.7 Å². The van der Waals surface area contributed by atoms with Crippen molar-refractivity contribution in [3.05, 3.63) is 29.9 Å². The van der Waals surface area contributed by atoms with E-state index >= 15 is 0 Å². The number of hydrogen-bond donors (Lipinski definition) is 1. The summed E-state index contributed by atoms with van der Waals surface area (Å²) >= 11 is 0. The summed E-state index contributed by atoms with van der Waals surface area (Å²) in [6.07, 6.45) is 4.81. The van der Waals surface area contributed by atoms with Crippen LogP contribution in [0.15, 0.2) is 24.2 Å². The Morgan fingerprint density at radius 1 is 1.35 bits per heavy atom. The maximum Gasteiger partial charge on any atom is 0.525 e. The van der Waals surface area contributed by atoms with Gasteiger partial charge in [0.05, 0.1) is 16.9 Å². The average molecular weight is 277 g/mol. The third-order valence-electron chi connectivity index (χ3n) is 3.98. The smallest absolute Gasteiger partial charge is 0.398 e. The van der Waals surface area contributed by atoms with Crippen LogP contribution in [0.3, 0.4) is 0 Å². The number of imidazole rings is 1. The highest BCUT2D eigenvalue weighted by Gasteiger charge is 2.53. The Morgan fingerprint density at radius 2 is 2.00 bits per heavy atom. The molecule has 0 bridgehead atoms. The second-order valence-corrected chi connectivity index (χ2v) is 5.98. The zero-order valence-electron chi connectivity index (χ0n) is 12.0. The molecule has 0 atom stereocenters. The van der Waals surface area contributed by atoms with Crippen LogP contribution in [0, 0.1) is 0 Å². The second-order valence-electron chi connectivity index (χ2n) is 5.98. The van der Waals surface area contributed by atoms with Crippen LogP contribution < -0.4 is 0 Å². The largest absolute Gasteiger partial charge is 0.525 e. The maximum atomic E-state index is 14.3. The molecule has 0 saturated carbocycles. The molecule has 1 aliphatic heterocycles. The van der Waals surface area contributed by atoms with Gasteiger partial charge in [0.2, 0.25) is 0 Å². The Hall–Kier alpha value is -1.60. The molecule has 2 aromatic heterocycles. The minimum atomic E-state index is -0.976. The molecule has 2 aromatic rings. The Bertz CT molecular complexity index is 630. The van der Waals surface area contributed by atoms with E-state index < -0.39 is 24.0 Å². The van der Waals surface area contributed by atoms with Crippen molar-refractivity contribution >= 4 is 18.8 Å². The molecule has 0 unspecified atom stereocenters. The van der Waals surface area contributed by atoms with Gasteiger partial charge in [0.1, 0.15) is 5.73 Å². The molecule has 5 nitrogen and oxygen atoms in total. The standard InChI is InChI=1S/C13H17BFN3O2/c1-12(2)13(3,4)20-14(19-12)10(15)7-9-8-11-16-5-6-18(11)17-9/h5-8,17H,1-4H3. The zero-order valence-corrected chi connectivity index (χ0v) is 12.0. The predicted molar refractivity (Wildman–Crippen MR) is 74.7 cm³/mol. The van der Waals surface area contributed by atoms with E-state index in [9.17, 15) is 4.39 Å². The van der Waals surface area contributed by atoms with Crippen LogP contribution >= 0.6 is 0 Å². The van der Waals surface area contributed by atoms with Crippen LogP contribution in [0.25, 0.3) is 11.7 Å². The van der Waals surface area contributed by atoms with Crippen LogP contribution in [-0.2, 0) is 9.31 Å². The van der Waals surface area contributed by atoms with Gasteiger partial charge in [0.25, 0.3) is 0 Å². The molecule has 7 heteroatoms. The first-order chi connectivity index (χ1) is 9.28. The number of aromatic amines is 1. The number of hydrogen-bond acceptors (Lipinski definition) is 3. The maximum absolute atomic E-state index is 14.3. The van der Waals surface area contributed by atoms with Crippen LogP contribution in [0.5, 0.6) is 0 Å². The summed E-state index contributed by atoms with van der Waals surface area (Å²) in [6.45, 7) is 7.57. The van der Waals surface area contributed by atoms with Gasteiger partial charge in [-0.05, 0) is 33.8 Å². The summed E-state index contributed by atoms with van der Waals surface area (Å²) in [5, 5.41) is 3.00. The van der Waals surface area contributed by atoms with Gasteiger partial charge >= 0.3 is 7.12 Å². The first kappa shape index (κ1) is 13.4. The van der Waals surface area contributed by atoms with E-state index in [-0.39, 0.29) is 0 Å².